The number of ether oxygens (including phenoxy) is 5. The van der Waals surface area contributed by atoms with E-state index in [0.717, 1.165) is 6.42 Å². The Balaban J connectivity index is 1.35. The molecule has 3 aliphatic heterocycles. The van der Waals surface area contributed by atoms with Crippen molar-refractivity contribution in [1.82, 2.24) is 24.3 Å². The SMILES string of the molecule is CC1(C)O[C@@H]2[C@H](O1)[C@@H](COC(=O)[C@@H]1CCCO1)O[C@H]2n1ccc(-n2cncn2)nc1=O. The van der Waals surface area contributed by atoms with Crippen LogP contribution in [0.5, 0.6) is 0 Å². The highest BCUT2D eigenvalue weighted by Gasteiger charge is 2.56. The summed E-state index contributed by atoms with van der Waals surface area (Å²) in [5.41, 5.74) is -0.540. The lowest BCUT2D eigenvalue weighted by Gasteiger charge is -2.25. The Hall–Kier alpha value is -2.67. The Morgan fingerprint density at radius 2 is 2.16 bits per heavy atom. The minimum Gasteiger partial charge on any atom is -0.461 e. The van der Waals surface area contributed by atoms with E-state index in [0.29, 0.717) is 18.8 Å². The Morgan fingerprint density at radius 3 is 2.87 bits per heavy atom. The van der Waals surface area contributed by atoms with E-state index in [-0.39, 0.29) is 6.61 Å². The number of hydrogen-bond acceptors (Lipinski definition) is 10. The first-order chi connectivity index (χ1) is 14.9. The molecule has 5 rings (SSSR count). The maximum atomic E-state index is 12.7. The predicted octanol–water partition coefficient (Wildman–Crippen LogP) is -0.0363. The second kappa shape index (κ2) is 7.79. The smallest absolute Gasteiger partial charge is 0.351 e. The molecule has 3 saturated heterocycles. The van der Waals surface area contributed by atoms with Crippen LogP contribution in [0.25, 0.3) is 5.82 Å². The molecule has 0 saturated carbocycles. The van der Waals surface area contributed by atoms with Crippen molar-refractivity contribution >= 4 is 5.97 Å². The van der Waals surface area contributed by atoms with E-state index in [1.165, 1.54) is 21.9 Å². The van der Waals surface area contributed by atoms with Gasteiger partial charge in [-0.2, -0.15) is 10.1 Å². The minimum atomic E-state index is -0.869. The number of esters is 1. The molecule has 12 heteroatoms. The molecule has 0 unspecified atom stereocenters. The Morgan fingerprint density at radius 1 is 1.32 bits per heavy atom. The summed E-state index contributed by atoms with van der Waals surface area (Å²) in [6, 6.07) is 1.63. The van der Waals surface area contributed by atoms with E-state index in [2.05, 4.69) is 15.1 Å². The fourth-order valence-corrected chi connectivity index (χ4v) is 4.09. The fraction of sp³-hybridized carbons (Fsp3) is 0.632. The van der Waals surface area contributed by atoms with Crippen molar-refractivity contribution in [3.63, 3.8) is 0 Å². The van der Waals surface area contributed by atoms with E-state index in [9.17, 15) is 9.59 Å². The summed E-state index contributed by atoms with van der Waals surface area (Å²) in [5.74, 6) is -0.958. The van der Waals surface area contributed by atoms with E-state index in [1.807, 2.05) is 0 Å². The zero-order valence-corrected chi connectivity index (χ0v) is 17.1. The summed E-state index contributed by atoms with van der Waals surface area (Å²) in [5, 5.41) is 3.97. The molecule has 0 aliphatic carbocycles. The van der Waals surface area contributed by atoms with Crippen LogP contribution in [0.1, 0.15) is 32.9 Å². The molecule has 2 aromatic rings. The van der Waals surface area contributed by atoms with Crippen molar-refractivity contribution in [1.29, 1.82) is 0 Å². The summed E-state index contributed by atoms with van der Waals surface area (Å²) in [4.78, 5) is 32.9. The van der Waals surface area contributed by atoms with E-state index < -0.39 is 48.1 Å². The van der Waals surface area contributed by atoms with Crippen molar-refractivity contribution < 1.29 is 28.5 Å². The van der Waals surface area contributed by atoms with Gasteiger partial charge in [0.25, 0.3) is 0 Å². The normalized spacial score (nSPS) is 31.6. The van der Waals surface area contributed by atoms with Gasteiger partial charge in [-0.15, -0.1) is 0 Å². The quantitative estimate of drug-likeness (QED) is 0.593. The lowest BCUT2D eigenvalue weighted by molar-refractivity contribution is -0.204. The predicted molar refractivity (Wildman–Crippen MR) is 101 cm³/mol. The number of hydrogen-bond donors (Lipinski definition) is 0. The molecule has 166 valence electrons. The standard InChI is InChI=1S/C19H23N5O7/c1-19(2)30-14-12(8-28-17(25)11-4-3-7-27-11)29-16(15(14)31-19)23-6-5-13(22-18(23)26)24-10-20-9-21-24/h5-6,9-12,14-16H,3-4,7-8H2,1-2H3/t11-,12+,14+,15+,16+/m0/s1. The number of carbonyl (C=O) groups excluding carboxylic acids is 1. The van der Waals surface area contributed by atoms with Gasteiger partial charge in [0, 0.05) is 12.8 Å². The summed E-state index contributed by atoms with van der Waals surface area (Å²) in [6.07, 6.45) is 2.81. The highest BCUT2D eigenvalue weighted by molar-refractivity contribution is 5.74. The average Bonchev–Trinajstić information content (AvgIpc) is 3.51. The van der Waals surface area contributed by atoms with Gasteiger partial charge in [-0.05, 0) is 32.8 Å². The molecule has 2 aromatic heterocycles. The molecule has 0 N–H and O–H groups in total. The van der Waals surface area contributed by atoms with Gasteiger partial charge in [0.1, 0.15) is 37.6 Å². The molecule has 0 amide bonds. The highest BCUT2D eigenvalue weighted by atomic mass is 16.8. The number of nitrogens with zero attached hydrogens (tertiary/aromatic N) is 5. The van der Waals surface area contributed by atoms with Gasteiger partial charge in [-0.3, -0.25) is 4.57 Å². The zero-order chi connectivity index (χ0) is 21.6. The lowest BCUT2D eigenvalue weighted by atomic mass is 10.1. The Labute approximate surface area is 177 Å². The zero-order valence-electron chi connectivity index (χ0n) is 17.1. The third-order valence-corrected chi connectivity index (χ3v) is 5.45. The molecular weight excluding hydrogens is 410 g/mol. The van der Waals surface area contributed by atoms with Gasteiger partial charge >= 0.3 is 11.7 Å². The number of aromatic nitrogens is 5. The molecule has 31 heavy (non-hydrogen) atoms. The second-order valence-corrected chi connectivity index (χ2v) is 8.08. The summed E-state index contributed by atoms with van der Waals surface area (Å²) >= 11 is 0. The van der Waals surface area contributed by atoms with E-state index in [1.54, 1.807) is 26.1 Å². The average molecular weight is 433 g/mol. The number of fused-ring (bicyclic) bond motifs is 1. The first-order valence-electron chi connectivity index (χ1n) is 10.1. The Bertz CT molecular complexity index is 1000. The van der Waals surface area contributed by atoms with Crippen LogP contribution in [0.4, 0.5) is 0 Å². The summed E-state index contributed by atoms with van der Waals surface area (Å²) in [7, 11) is 0. The molecule has 0 bridgehead atoms. The van der Waals surface area contributed by atoms with Gasteiger partial charge < -0.3 is 23.7 Å². The molecule has 0 radical (unpaired) electrons. The Kier molecular flexibility index (Phi) is 5.08. The second-order valence-electron chi connectivity index (χ2n) is 8.08. The molecule has 5 atom stereocenters. The van der Waals surface area contributed by atoms with Crippen LogP contribution in [0.15, 0.2) is 29.7 Å². The number of rotatable bonds is 5. The van der Waals surface area contributed by atoms with Crippen molar-refractivity contribution in [3.8, 4) is 5.82 Å². The van der Waals surface area contributed by atoms with Gasteiger partial charge in [-0.25, -0.2) is 19.3 Å². The van der Waals surface area contributed by atoms with Crippen LogP contribution in [-0.2, 0) is 28.5 Å². The van der Waals surface area contributed by atoms with Crippen molar-refractivity contribution in [2.24, 2.45) is 0 Å². The van der Waals surface area contributed by atoms with Crippen molar-refractivity contribution in [2.45, 2.75) is 63.1 Å². The topological polar surface area (TPSA) is 129 Å². The van der Waals surface area contributed by atoms with Crippen LogP contribution in [0.2, 0.25) is 0 Å². The molecule has 3 aliphatic rings. The fourth-order valence-electron chi connectivity index (χ4n) is 4.09. The van der Waals surface area contributed by atoms with Gasteiger partial charge in [0.15, 0.2) is 23.9 Å². The first kappa shape index (κ1) is 20.2. The van der Waals surface area contributed by atoms with Crippen LogP contribution >= 0.6 is 0 Å². The van der Waals surface area contributed by atoms with Gasteiger partial charge in [0.2, 0.25) is 0 Å². The van der Waals surface area contributed by atoms with Crippen molar-refractivity contribution in [2.75, 3.05) is 13.2 Å². The van der Waals surface area contributed by atoms with Gasteiger partial charge in [0.05, 0.1) is 0 Å². The minimum absolute atomic E-state index is 0.0327. The molecule has 5 heterocycles. The molecule has 3 fully saturated rings. The molecular formula is C19H23N5O7. The third kappa shape index (κ3) is 3.87. The number of carbonyl (C=O) groups is 1. The van der Waals surface area contributed by atoms with Crippen LogP contribution in [0, 0.1) is 0 Å². The van der Waals surface area contributed by atoms with Crippen LogP contribution < -0.4 is 5.69 Å². The van der Waals surface area contributed by atoms with E-state index in [4.69, 9.17) is 23.7 Å². The van der Waals surface area contributed by atoms with E-state index >= 15 is 0 Å². The third-order valence-electron chi connectivity index (χ3n) is 5.45. The summed E-state index contributed by atoms with van der Waals surface area (Å²) < 4.78 is 31.6. The monoisotopic (exact) mass is 433 g/mol. The van der Waals surface area contributed by atoms with Crippen LogP contribution in [0.3, 0.4) is 0 Å². The largest absolute Gasteiger partial charge is 0.461 e. The molecule has 0 spiro atoms. The lowest BCUT2D eigenvalue weighted by Crippen LogP contribution is -2.35. The highest BCUT2D eigenvalue weighted by Crippen LogP contribution is 2.42. The molecule has 0 aromatic carbocycles. The maximum absolute atomic E-state index is 12.7. The van der Waals surface area contributed by atoms with Crippen LogP contribution in [-0.4, -0.2) is 73.7 Å². The maximum Gasteiger partial charge on any atom is 0.351 e. The molecule has 12 nitrogen and oxygen atoms in total. The summed E-state index contributed by atoms with van der Waals surface area (Å²) in [6.45, 7) is 4.09. The van der Waals surface area contributed by atoms with Crippen molar-refractivity contribution in [3.05, 3.63) is 35.4 Å². The van der Waals surface area contributed by atoms with Gasteiger partial charge in [-0.1, -0.05) is 0 Å². The first-order valence-corrected chi connectivity index (χ1v) is 10.1.